The fourth-order valence-electron chi connectivity index (χ4n) is 4.01. The summed E-state index contributed by atoms with van der Waals surface area (Å²) in [6, 6.07) is 13.3. The van der Waals surface area contributed by atoms with E-state index < -0.39 is 8.07 Å². The van der Waals surface area contributed by atoms with Gasteiger partial charge in [-0.25, -0.2) is 4.98 Å². The minimum absolute atomic E-state index is 0.00840. The molecule has 1 atom stereocenters. The van der Waals surface area contributed by atoms with Crippen molar-refractivity contribution in [2.75, 3.05) is 13.7 Å². The molecule has 0 saturated carbocycles. The Bertz CT molecular complexity index is 1120. The maximum atomic E-state index is 9.32. The van der Waals surface area contributed by atoms with Gasteiger partial charge in [0.25, 0.3) is 0 Å². The van der Waals surface area contributed by atoms with Crippen molar-refractivity contribution in [3.63, 3.8) is 0 Å². The topological polar surface area (TPSA) is 60.1 Å². The standard InChI is InChI=1S/C25H33N3O2Si/c1-17-12-18(2)24(23(13-17)29-4)19(3)25-27-21-14-20(15-26)8-9-22(21)28(25)16-30-10-11-31(5,6)7/h8-9,12-14,19H,10-11,16H2,1-7H3. The summed E-state index contributed by atoms with van der Waals surface area (Å²) in [5, 5.41) is 9.32. The molecule has 0 amide bonds. The molecule has 0 aliphatic carbocycles. The zero-order valence-corrected chi connectivity index (χ0v) is 20.7. The largest absolute Gasteiger partial charge is 0.496 e. The number of aromatic nitrogens is 2. The van der Waals surface area contributed by atoms with Crippen LogP contribution in [-0.2, 0) is 11.5 Å². The molecule has 3 rings (SSSR count). The van der Waals surface area contributed by atoms with Crippen LogP contribution in [0.3, 0.4) is 0 Å². The van der Waals surface area contributed by atoms with E-state index in [1.54, 1.807) is 7.11 Å². The van der Waals surface area contributed by atoms with E-state index >= 15 is 0 Å². The number of nitrogens with zero attached hydrogens (tertiary/aromatic N) is 3. The highest BCUT2D eigenvalue weighted by molar-refractivity contribution is 6.76. The molecule has 1 heterocycles. The van der Waals surface area contributed by atoms with E-state index in [1.165, 1.54) is 11.1 Å². The second-order valence-corrected chi connectivity index (χ2v) is 15.1. The summed E-state index contributed by atoms with van der Waals surface area (Å²) in [4.78, 5) is 4.95. The molecule has 0 spiro atoms. The molecule has 0 aliphatic rings. The van der Waals surface area contributed by atoms with Gasteiger partial charge in [0, 0.05) is 26.2 Å². The van der Waals surface area contributed by atoms with Crippen LogP contribution < -0.4 is 4.74 Å². The Balaban J connectivity index is 2.05. The Morgan fingerprint density at radius 2 is 1.90 bits per heavy atom. The lowest BCUT2D eigenvalue weighted by Gasteiger charge is -2.21. The van der Waals surface area contributed by atoms with Crippen LogP contribution in [0, 0.1) is 25.2 Å². The number of hydrogen-bond acceptors (Lipinski definition) is 4. The first-order chi connectivity index (χ1) is 14.6. The average molecular weight is 436 g/mol. The van der Waals surface area contributed by atoms with Gasteiger partial charge in [0.05, 0.1) is 29.8 Å². The third-order valence-corrected chi connectivity index (χ3v) is 7.36. The van der Waals surface area contributed by atoms with Crippen molar-refractivity contribution in [1.82, 2.24) is 9.55 Å². The molecule has 6 heteroatoms. The van der Waals surface area contributed by atoms with Crippen LogP contribution in [0.15, 0.2) is 30.3 Å². The van der Waals surface area contributed by atoms with Crippen molar-refractivity contribution >= 4 is 19.1 Å². The molecule has 5 nitrogen and oxygen atoms in total. The predicted octanol–water partition coefficient (Wildman–Crippen LogP) is 6.00. The number of ether oxygens (including phenoxy) is 2. The highest BCUT2D eigenvalue weighted by atomic mass is 28.3. The van der Waals surface area contributed by atoms with E-state index in [9.17, 15) is 5.26 Å². The van der Waals surface area contributed by atoms with Crippen molar-refractivity contribution in [2.24, 2.45) is 0 Å². The highest BCUT2D eigenvalue weighted by Gasteiger charge is 2.23. The van der Waals surface area contributed by atoms with Gasteiger partial charge in [0.1, 0.15) is 18.3 Å². The molecular weight excluding hydrogens is 402 g/mol. The third-order valence-electron chi connectivity index (χ3n) is 5.66. The van der Waals surface area contributed by atoms with Gasteiger partial charge in [-0.05, 0) is 55.3 Å². The average Bonchev–Trinajstić information content (AvgIpc) is 3.07. The van der Waals surface area contributed by atoms with E-state index in [0.29, 0.717) is 12.3 Å². The Morgan fingerprint density at radius 3 is 2.55 bits per heavy atom. The second-order valence-electron chi connectivity index (χ2n) is 9.48. The molecule has 0 bridgehead atoms. The van der Waals surface area contributed by atoms with E-state index in [2.05, 4.69) is 63.2 Å². The SMILES string of the molecule is COc1cc(C)cc(C)c1C(C)c1nc2cc(C#N)ccc2n1COCC[Si](C)(C)C. The fourth-order valence-corrected chi connectivity index (χ4v) is 4.77. The summed E-state index contributed by atoms with van der Waals surface area (Å²) in [7, 11) is 0.553. The Kier molecular flexibility index (Phi) is 6.88. The van der Waals surface area contributed by atoms with Crippen molar-refractivity contribution in [1.29, 1.82) is 5.26 Å². The number of hydrogen-bond donors (Lipinski definition) is 0. The lowest BCUT2D eigenvalue weighted by atomic mass is 9.93. The second kappa shape index (κ2) is 9.25. The van der Waals surface area contributed by atoms with Gasteiger partial charge in [-0.2, -0.15) is 5.26 Å². The first kappa shape index (κ1) is 23.0. The molecule has 1 unspecified atom stereocenters. The highest BCUT2D eigenvalue weighted by Crippen LogP contribution is 2.36. The van der Waals surface area contributed by atoms with Crippen LogP contribution in [0.1, 0.15) is 40.9 Å². The molecule has 1 aromatic heterocycles. The molecule has 0 radical (unpaired) electrons. The van der Waals surface area contributed by atoms with Crippen molar-refractivity contribution < 1.29 is 9.47 Å². The van der Waals surface area contributed by atoms with Gasteiger partial charge in [-0.1, -0.05) is 32.6 Å². The van der Waals surface area contributed by atoms with E-state index in [1.807, 2.05) is 18.2 Å². The van der Waals surface area contributed by atoms with E-state index in [-0.39, 0.29) is 5.92 Å². The molecule has 0 fully saturated rings. The van der Waals surface area contributed by atoms with Gasteiger partial charge < -0.3 is 14.0 Å². The number of methoxy groups -OCH3 is 1. The zero-order chi connectivity index (χ0) is 22.8. The van der Waals surface area contributed by atoms with Gasteiger partial charge in [0.2, 0.25) is 0 Å². The summed E-state index contributed by atoms with van der Waals surface area (Å²) in [5.74, 6) is 1.80. The van der Waals surface area contributed by atoms with Crippen LogP contribution in [0.5, 0.6) is 5.75 Å². The molecular formula is C25H33N3O2Si. The minimum atomic E-state index is -1.16. The predicted molar refractivity (Wildman–Crippen MR) is 129 cm³/mol. The molecule has 0 aliphatic heterocycles. The van der Waals surface area contributed by atoms with Crippen molar-refractivity contribution in [3.8, 4) is 11.8 Å². The first-order valence-corrected chi connectivity index (χ1v) is 14.5. The summed E-state index contributed by atoms with van der Waals surface area (Å²) in [6.07, 6.45) is 0. The Labute approximate surface area is 186 Å². The summed E-state index contributed by atoms with van der Waals surface area (Å²) < 4.78 is 14.0. The smallest absolute Gasteiger partial charge is 0.124 e. The number of rotatable bonds is 8. The van der Waals surface area contributed by atoms with Gasteiger partial charge in [0.15, 0.2) is 0 Å². The number of nitriles is 1. The molecule has 0 N–H and O–H groups in total. The van der Waals surface area contributed by atoms with E-state index in [4.69, 9.17) is 14.5 Å². The fraction of sp³-hybridized carbons (Fsp3) is 0.440. The lowest BCUT2D eigenvalue weighted by molar-refractivity contribution is 0.0875. The van der Waals surface area contributed by atoms with Gasteiger partial charge in [-0.3, -0.25) is 0 Å². The molecule has 31 heavy (non-hydrogen) atoms. The number of imidazole rings is 1. The van der Waals surface area contributed by atoms with Gasteiger partial charge in [-0.15, -0.1) is 0 Å². The van der Waals surface area contributed by atoms with Crippen LogP contribution >= 0.6 is 0 Å². The molecule has 164 valence electrons. The van der Waals surface area contributed by atoms with Crippen molar-refractivity contribution in [3.05, 3.63) is 58.4 Å². The Hall–Kier alpha value is -2.62. The zero-order valence-electron chi connectivity index (χ0n) is 19.7. The third kappa shape index (κ3) is 5.17. The maximum Gasteiger partial charge on any atom is 0.124 e. The number of fused-ring (bicyclic) bond motifs is 1. The van der Waals surface area contributed by atoms with Crippen LogP contribution in [0.2, 0.25) is 25.7 Å². The Morgan fingerprint density at radius 1 is 1.16 bits per heavy atom. The van der Waals surface area contributed by atoms with Gasteiger partial charge >= 0.3 is 0 Å². The first-order valence-electron chi connectivity index (χ1n) is 10.8. The summed E-state index contributed by atoms with van der Waals surface area (Å²) in [6.45, 7) is 14.6. The van der Waals surface area contributed by atoms with Crippen LogP contribution in [0.4, 0.5) is 0 Å². The quantitative estimate of drug-likeness (QED) is 0.322. The monoisotopic (exact) mass is 435 g/mol. The van der Waals surface area contributed by atoms with Crippen LogP contribution in [0.25, 0.3) is 11.0 Å². The summed E-state index contributed by atoms with van der Waals surface area (Å²) >= 11 is 0. The number of benzene rings is 2. The summed E-state index contributed by atoms with van der Waals surface area (Å²) in [5.41, 5.74) is 5.90. The molecule has 2 aromatic carbocycles. The molecule has 3 aromatic rings. The van der Waals surface area contributed by atoms with Crippen LogP contribution in [-0.4, -0.2) is 31.3 Å². The number of aryl methyl sites for hydroxylation is 2. The van der Waals surface area contributed by atoms with E-state index in [0.717, 1.165) is 40.8 Å². The normalized spacial score (nSPS) is 12.7. The maximum absolute atomic E-state index is 9.32. The molecule has 0 saturated heterocycles. The minimum Gasteiger partial charge on any atom is -0.496 e. The van der Waals surface area contributed by atoms with Crippen molar-refractivity contribution in [2.45, 2.75) is 59.1 Å². The lowest BCUT2D eigenvalue weighted by Crippen LogP contribution is -2.22.